The fraction of sp³-hybridized carbons (Fsp3) is 0.235. The standard InChI is InChI=1S/C17H16F3NO3/c1-11-4-2-7-14(15(11)22)16(23)21-9-12-5-3-6-13(8-12)24-10-17(18,19)20/h2-8,22H,9-10H2,1H3,(H,21,23). The lowest BCUT2D eigenvalue weighted by molar-refractivity contribution is -0.153. The van der Waals surface area contributed by atoms with Gasteiger partial charge in [-0.1, -0.05) is 24.3 Å². The SMILES string of the molecule is Cc1cccc(C(=O)NCc2cccc(OCC(F)(F)F)c2)c1O. The van der Waals surface area contributed by atoms with Crippen molar-refractivity contribution in [3.05, 3.63) is 59.2 Å². The predicted molar refractivity (Wildman–Crippen MR) is 82.0 cm³/mol. The van der Waals surface area contributed by atoms with Gasteiger partial charge >= 0.3 is 6.18 Å². The van der Waals surface area contributed by atoms with Crippen molar-refractivity contribution in [2.45, 2.75) is 19.6 Å². The molecule has 0 aliphatic carbocycles. The van der Waals surface area contributed by atoms with E-state index >= 15 is 0 Å². The van der Waals surface area contributed by atoms with Gasteiger partial charge < -0.3 is 15.2 Å². The van der Waals surface area contributed by atoms with E-state index in [9.17, 15) is 23.1 Å². The summed E-state index contributed by atoms with van der Waals surface area (Å²) < 4.78 is 41.1. The molecule has 4 nitrogen and oxygen atoms in total. The molecule has 0 saturated carbocycles. The van der Waals surface area contributed by atoms with Crippen molar-refractivity contribution >= 4 is 5.91 Å². The Hall–Kier alpha value is -2.70. The number of benzene rings is 2. The molecule has 2 aromatic carbocycles. The van der Waals surface area contributed by atoms with Gasteiger partial charge in [0.05, 0.1) is 5.56 Å². The Bertz CT molecular complexity index is 729. The molecule has 0 radical (unpaired) electrons. The van der Waals surface area contributed by atoms with Crippen LogP contribution in [-0.4, -0.2) is 23.8 Å². The highest BCUT2D eigenvalue weighted by molar-refractivity contribution is 5.97. The molecular weight excluding hydrogens is 323 g/mol. The van der Waals surface area contributed by atoms with Crippen LogP contribution in [0.15, 0.2) is 42.5 Å². The fourth-order valence-corrected chi connectivity index (χ4v) is 2.03. The van der Waals surface area contributed by atoms with E-state index in [2.05, 4.69) is 10.1 Å². The molecule has 0 unspecified atom stereocenters. The number of carbonyl (C=O) groups is 1. The molecule has 2 aromatic rings. The largest absolute Gasteiger partial charge is 0.507 e. The average Bonchev–Trinajstić information content (AvgIpc) is 2.53. The van der Waals surface area contributed by atoms with Gasteiger partial charge in [-0.05, 0) is 36.2 Å². The van der Waals surface area contributed by atoms with Crippen molar-refractivity contribution < 1.29 is 27.8 Å². The maximum Gasteiger partial charge on any atom is 0.422 e. The van der Waals surface area contributed by atoms with Crippen LogP contribution in [0.2, 0.25) is 0 Å². The van der Waals surface area contributed by atoms with E-state index in [1.165, 1.54) is 24.3 Å². The first-order valence-electron chi connectivity index (χ1n) is 7.11. The van der Waals surface area contributed by atoms with Gasteiger partial charge in [0.25, 0.3) is 5.91 Å². The zero-order valence-corrected chi connectivity index (χ0v) is 12.9. The van der Waals surface area contributed by atoms with Gasteiger partial charge in [-0.2, -0.15) is 13.2 Å². The first-order valence-corrected chi connectivity index (χ1v) is 7.11. The lowest BCUT2D eigenvalue weighted by Gasteiger charge is -2.11. The third-order valence-electron chi connectivity index (χ3n) is 3.24. The molecule has 0 aromatic heterocycles. The number of amides is 1. The first kappa shape index (κ1) is 17.7. The van der Waals surface area contributed by atoms with E-state index < -0.39 is 18.7 Å². The molecular formula is C17H16F3NO3. The van der Waals surface area contributed by atoms with Crippen LogP contribution in [0.5, 0.6) is 11.5 Å². The molecule has 0 aliphatic rings. The Kier molecular flexibility index (Phi) is 5.33. The third kappa shape index (κ3) is 4.91. The van der Waals surface area contributed by atoms with Crippen molar-refractivity contribution in [2.24, 2.45) is 0 Å². The first-order chi connectivity index (χ1) is 11.3. The van der Waals surface area contributed by atoms with Crippen LogP contribution in [0.3, 0.4) is 0 Å². The lowest BCUT2D eigenvalue weighted by atomic mass is 10.1. The normalized spacial score (nSPS) is 11.2. The van der Waals surface area contributed by atoms with Gasteiger partial charge in [-0.25, -0.2) is 0 Å². The molecule has 2 rings (SSSR count). The quantitative estimate of drug-likeness (QED) is 0.875. The molecule has 0 fully saturated rings. The van der Waals surface area contributed by atoms with E-state index in [0.29, 0.717) is 11.1 Å². The highest BCUT2D eigenvalue weighted by atomic mass is 19.4. The molecule has 1 amide bonds. The van der Waals surface area contributed by atoms with E-state index in [1.54, 1.807) is 25.1 Å². The van der Waals surface area contributed by atoms with Gasteiger partial charge in [0, 0.05) is 6.54 Å². The molecule has 24 heavy (non-hydrogen) atoms. The molecule has 7 heteroatoms. The minimum absolute atomic E-state index is 0.0671. The Balaban J connectivity index is 1.99. The Labute approximate surface area is 136 Å². The second-order valence-corrected chi connectivity index (χ2v) is 5.21. The Morgan fingerprint density at radius 1 is 1.21 bits per heavy atom. The zero-order valence-electron chi connectivity index (χ0n) is 12.9. The molecule has 0 spiro atoms. The summed E-state index contributed by atoms with van der Waals surface area (Å²) in [7, 11) is 0. The summed E-state index contributed by atoms with van der Waals surface area (Å²) in [5.41, 5.74) is 1.29. The lowest BCUT2D eigenvalue weighted by Crippen LogP contribution is -2.23. The molecule has 0 atom stereocenters. The highest BCUT2D eigenvalue weighted by Gasteiger charge is 2.28. The third-order valence-corrected chi connectivity index (χ3v) is 3.24. The van der Waals surface area contributed by atoms with Crippen molar-refractivity contribution in [3.8, 4) is 11.5 Å². The Morgan fingerprint density at radius 2 is 1.92 bits per heavy atom. The smallest absolute Gasteiger partial charge is 0.422 e. The predicted octanol–water partition coefficient (Wildman–Crippen LogP) is 3.57. The van der Waals surface area contributed by atoms with Crippen molar-refractivity contribution in [1.82, 2.24) is 5.32 Å². The van der Waals surface area contributed by atoms with E-state index in [4.69, 9.17) is 0 Å². The summed E-state index contributed by atoms with van der Waals surface area (Å²) >= 11 is 0. The number of ether oxygens (including phenoxy) is 1. The molecule has 2 N–H and O–H groups in total. The minimum atomic E-state index is -4.41. The molecule has 0 bridgehead atoms. The van der Waals surface area contributed by atoms with Crippen LogP contribution < -0.4 is 10.1 Å². The summed E-state index contributed by atoms with van der Waals surface area (Å²) in [6.07, 6.45) is -4.41. The van der Waals surface area contributed by atoms with Crippen LogP contribution in [-0.2, 0) is 6.54 Å². The molecule has 0 heterocycles. The number of aromatic hydroxyl groups is 1. The van der Waals surface area contributed by atoms with Crippen LogP contribution in [0.1, 0.15) is 21.5 Å². The number of alkyl halides is 3. The number of para-hydroxylation sites is 1. The second-order valence-electron chi connectivity index (χ2n) is 5.21. The van der Waals surface area contributed by atoms with Crippen LogP contribution in [0, 0.1) is 6.92 Å². The summed E-state index contributed by atoms with van der Waals surface area (Å²) in [4.78, 5) is 12.1. The van der Waals surface area contributed by atoms with E-state index in [0.717, 1.165) is 0 Å². The summed E-state index contributed by atoms with van der Waals surface area (Å²) in [6.45, 7) is 0.392. The number of phenols is 1. The number of aryl methyl sites for hydroxylation is 1. The number of nitrogens with one attached hydrogen (secondary N) is 1. The topological polar surface area (TPSA) is 58.6 Å². The number of hydrogen-bond donors (Lipinski definition) is 2. The maximum atomic E-state index is 12.1. The van der Waals surface area contributed by atoms with Gasteiger partial charge in [0.1, 0.15) is 11.5 Å². The van der Waals surface area contributed by atoms with Crippen molar-refractivity contribution in [2.75, 3.05) is 6.61 Å². The van der Waals surface area contributed by atoms with Gasteiger partial charge in [0.15, 0.2) is 6.61 Å². The number of rotatable bonds is 5. The number of carbonyl (C=O) groups excluding carboxylic acids is 1. The minimum Gasteiger partial charge on any atom is -0.507 e. The second kappa shape index (κ2) is 7.25. The monoisotopic (exact) mass is 339 g/mol. The van der Waals surface area contributed by atoms with Gasteiger partial charge in [0.2, 0.25) is 0 Å². The van der Waals surface area contributed by atoms with Crippen LogP contribution in [0.25, 0.3) is 0 Å². The number of hydrogen-bond acceptors (Lipinski definition) is 3. The zero-order chi connectivity index (χ0) is 17.7. The maximum absolute atomic E-state index is 12.1. The summed E-state index contributed by atoms with van der Waals surface area (Å²) in [5.74, 6) is -0.507. The molecule has 128 valence electrons. The molecule has 0 saturated heterocycles. The highest BCUT2D eigenvalue weighted by Crippen LogP contribution is 2.22. The summed E-state index contributed by atoms with van der Waals surface area (Å²) in [5, 5.41) is 12.5. The average molecular weight is 339 g/mol. The van der Waals surface area contributed by atoms with Gasteiger partial charge in [-0.15, -0.1) is 0 Å². The Morgan fingerprint density at radius 3 is 2.62 bits per heavy atom. The summed E-state index contributed by atoms with van der Waals surface area (Å²) in [6, 6.07) is 10.8. The number of phenolic OH excluding ortho intramolecular Hbond substituents is 1. The van der Waals surface area contributed by atoms with Crippen LogP contribution >= 0.6 is 0 Å². The van der Waals surface area contributed by atoms with Crippen molar-refractivity contribution in [1.29, 1.82) is 0 Å². The molecule has 0 aliphatic heterocycles. The van der Waals surface area contributed by atoms with E-state index in [1.807, 2.05) is 0 Å². The number of halogens is 3. The fourth-order valence-electron chi connectivity index (χ4n) is 2.03. The van der Waals surface area contributed by atoms with Crippen LogP contribution in [0.4, 0.5) is 13.2 Å². The van der Waals surface area contributed by atoms with E-state index in [-0.39, 0.29) is 23.6 Å². The van der Waals surface area contributed by atoms with Gasteiger partial charge in [-0.3, -0.25) is 4.79 Å². The van der Waals surface area contributed by atoms with Crippen molar-refractivity contribution in [3.63, 3.8) is 0 Å².